The van der Waals surface area contributed by atoms with E-state index in [0.29, 0.717) is 25.4 Å². The van der Waals surface area contributed by atoms with E-state index in [1.54, 1.807) is 14.2 Å². The zero-order chi connectivity index (χ0) is 21.9. The Balaban J connectivity index is 1.44. The van der Waals surface area contributed by atoms with Gasteiger partial charge in [0.05, 0.1) is 13.2 Å². The van der Waals surface area contributed by atoms with Crippen LogP contribution in [0.2, 0.25) is 0 Å². The van der Waals surface area contributed by atoms with Gasteiger partial charge < -0.3 is 20.7 Å². The van der Waals surface area contributed by atoms with Crippen LogP contribution in [0, 0.1) is 5.92 Å². The highest BCUT2D eigenvalue weighted by Gasteiger charge is 2.24. The Bertz CT molecular complexity index is 712. The van der Waals surface area contributed by atoms with Crippen molar-refractivity contribution in [3.63, 3.8) is 0 Å². The summed E-state index contributed by atoms with van der Waals surface area (Å²) in [6, 6.07) is 8.60. The monoisotopic (exact) mass is 429 g/mol. The molecule has 1 aliphatic carbocycles. The molecule has 3 rings (SSSR count). The van der Waals surface area contributed by atoms with Crippen molar-refractivity contribution in [2.75, 3.05) is 46.9 Å². The van der Waals surface area contributed by atoms with Crippen molar-refractivity contribution in [3.05, 3.63) is 29.8 Å². The molecule has 1 heterocycles. The Hall–Kier alpha value is -2.28. The Morgan fingerprint density at radius 1 is 1.13 bits per heavy atom. The van der Waals surface area contributed by atoms with Crippen molar-refractivity contribution in [1.29, 1.82) is 0 Å². The zero-order valence-electron chi connectivity index (χ0n) is 19.2. The van der Waals surface area contributed by atoms with Crippen molar-refractivity contribution < 1.29 is 9.53 Å². The minimum atomic E-state index is 0.170. The second kappa shape index (κ2) is 12.5. The lowest BCUT2D eigenvalue weighted by Gasteiger charge is -2.29. The van der Waals surface area contributed by atoms with E-state index < -0.39 is 0 Å². The molecular weight excluding hydrogens is 390 g/mol. The summed E-state index contributed by atoms with van der Waals surface area (Å²) < 4.78 is 5.43. The molecular formula is C24H39N5O2. The number of carbonyl (C=O) groups excluding carboxylic acids is 1. The van der Waals surface area contributed by atoms with Crippen LogP contribution in [-0.4, -0.2) is 63.6 Å². The first-order valence-corrected chi connectivity index (χ1v) is 11.8. The summed E-state index contributed by atoms with van der Waals surface area (Å²) in [4.78, 5) is 19.0. The number of benzene rings is 1. The summed E-state index contributed by atoms with van der Waals surface area (Å²) in [5, 5.41) is 9.82. The first-order chi connectivity index (χ1) is 15.2. The number of guanidine groups is 1. The lowest BCUT2D eigenvalue weighted by molar-refractivity contribution is -0.121. The van der Waals surface area contributed by atoms with E-state index in [1.807, 2.05) is 6.07 Å². The van der Waals surface area contributed by atoms with Crippen molar-refractivity contribution in [2.45, 2.75) is 51.0 Å². The first-order valence-electron chi connectivity index (χ1n) is 11.8. The third kappa shape index (κ3) is 7.42. The number of methoxy groups -OCH3 is 1. The minimum Gasteiger partial charge on any atom is -0.497 e. The number of likely N-dealkylation sites (tertiary alicyclic amines) is 1. The highest BCUT2D eigenvalue weighted by atomic mass is 16.5. The average Bonchev–Trinajstić information content (AvgIpc) is 3.50. The summed E-state index contributed by atoms with van der Waals surface area (Å²) in [6.07, 6.45) is 8.11. The SMILES string of the molecule is CN=C(NCCNC(=O)CC1CCCC1)NCC(c1cccc(OC)c1)N1CCCC1. The molecule has 1 unspecified atom stereocenters. The molecule has 2 fully saturated rings. The Morgan fingerprint density at radius 2 is 1.87 bits per heavy atom. The lowest BCUT2D eigenvalue weighted by Crippen LogP contribution is -2.44. The van der Waals surface area contributed by atoms with Gasteiger partial charge in [-0.15, -0.1) is 0 Å². The van der Waals surface area contributed by atoms with Crippen LogP contribution in [-0.2, 0) is 4.79 Å². The number of hydrogen-bond acceptors (Lipinski definition) is 4. The maximum Gasteiger partial charge on any atom is 0.220 e. The maximum absolute atomic E-state index is 12.1. The topological polar surface area (TPSA) is 78.0 Å². The Labute approximate surface area is 187 Å². The summed E-state index contributed by atoms with van der Waals surface area (Å²) in [5.41, 5.74) is 1.25. The molecule has 1 saturated carbocycles. The smallest absolute Gasteiger partial charge is 0.220 e. The number of hydrogen-bond donors (Lipinski definition) is 3. The number of nitrogens with zero attached hydrogens (tertiary/aromatic N) is 2. The molecule has 0 radical (unpaired) electrons. The van der Waals surface area contributed by atoms with Gasteiger partial charge in [0.2, 0.25) is 5.91 Å². The van der Waals surface area contributed by atoms with Crippen LogP contribution in [0.3, 0.4) is 0 Å². The summed E-state index contributed by atoms with van der Waals surface area (Å²) >= 11 is 0. The van der Waals surface area contributed by atoms with Crippen LogP contribution in [0.4, 0.5) is 0 Å². The van der Waals surface area contributed by atoms with Gasteiger partial charge in [-0.3, -0.25) is 14.7 Å². The van der Waals surface area contributed by atoms with Gasteiger partial charge in [0.1, 0.15) is 5.75 Å². The molecule has 31 heavy (non-hydrogen) atoms. The van der Waals surface area contributed by atoms with Crippen LogP contribution in [0.15, 0.2) is 29.3 Å². The fourth-order valence-electron chi connectivity index (χ4n) is 4.71. The minimum absolute atomic E-state index is 0.170. The number of rotatable bonds is 10. The lowest BCUT2D eigenvalue weighted by atomic mass is 10.0. The molecule has 3 N–H and O–H groups in total. The molecule has 7 nitrogen and oxygen atoms in total. The van der Waals surface area contributed by atoms with E-state index in [1.165, 1.54) is 44.1 Å². The van der Waals surface area contributed by atoms with E-state index in [9.17, 15) is 4.79 Å². The molecule has 172 valence electrons. The number of ether oxygens (including phenoxy) is 1. The van der Waals surface area contributed by atoms with Crippen LogP contribution in [0.1, 0.15) is 56.6 Å². The summed E-state index contributed by atoms with van der Waals surface area (Å²) in [7, 11) is 3.49. The highest BCUT2D eigenvalue weighted by molar-refractivity contribution is 5.80. The standard InChI is InChI=1S/C24H39N5O2/c1-25-24(27-13-12-26-23(30)16-19-8-3-4-9-19)28-18-22(29-14-5-6-15-29)20-10-7-11-21(17-20)31-2/h7,10-11,17,19,22H,3-6,8-9,12-16,18H2,1-2H3,(H,26,30)(H2,25,27,28). The predicted octanol–water partition coefficient (Wildman–Crippen LogP) is 2.69. The molecule has 2 aliphatic rings. The van der Waals surface area contributed by atoms with Crippen molar-refractivity contribution in [1.82, 2.24) is 20.9 Å². The zero-order valence-corrected chi connectivity index (χ0v) is 19.2. The van der Waals surface area contributed by atoms with Gasteiger partial charge in [-0.25, -0.2) is 0 Å². The maximum atomic E-state index is 12.1. The fraction of sp³-hybridized carbons (Fsp3) is 0.667. The van der Waals surface area contributed by atoms with Gasteiger partial charge >= 0.3 is 0 Å². The fourth-order valence-corrected chi connectivity index (χ4v) is 4.71. The van der Waals surface area contributed by atoms with Gasteiger partial charge in [-0.2, -0.15) is 0 Å². The molecule has 1 atom stereocenters. The molecule has 7 heteroatoms. The highest BCUT2D eigenvalue weighted by Crippen LogP contribution is 2.28. The van der Waals surface area contributed by atoms with Crippen LogP contribution in [0.25, 0.3) is 0 Å². The van der Waals surface area contributed by atoms with Gasteiger partial charge in [0, 0.05) is 33.1 Å². The molecule has 1 aromatic carbocycles. The quantitative estimate of drug-likeness (QED) is 0.303. The first kappa shape index (κ1) is 23.4. The third-order valence-electron chi connectivity index (χ3n) is 6.43. The predicted molar refractivity (Wildman–Crippen MR) is 125 cm³/mol. The van der Waals surface area contributed by atoms with Crippen molar-refractivity contribution in [2.24, 2.45) is 10.9 Å². The van der Waals surface area contributed by atoms with E-state index in [2.05, 4.69) is 44.0 Å². The Kier molecular flexibility index (Phi) is 9.46. The number of nitrogens with one attached hydrogen (secondary N) is 3. The van der Waals surface area contributed by atoms with Crippen LogP contribution < -0.4 is 20.7 Å². The summed E-state index contributed by atoms with van der Waals surface area (Å²) in [6.45, 7) is 4.26. The van der Waals surface area contributed by atoms with Gasteiger partial charge in [-0.05, 0) is 62.4 Å². The van der Waals surface area contributed by atoms with Crippen LogP contribution in [0.5, 0.6) is 5.75 Å². The molecule has 0 bridgehead atoms. The van der Waals surface area contributed by atoms with E-state index in [0.717, 1.165) is 31.3 Å². The number of aliphatic imine (C=N–C) groups is 1. The average molecular weight is 430 g/mol. The van der Waals surface area contributed by atoms with Gasteiger partial charge in [0.15, 0.2) is 5.96 Å². The third-order valence-corrected chi connectivity index (χ3v) is 6.43. The molecule has 1 aliphatic heterocycles. The summed E-state index contributed by atoms with van der Waals surface area (Å²) in [5.74, 6) is 2.40. The molecule has 1 saturated heterocycles. The van der Waals surface area contributed by atoms with E-state index >= 15 is 0 Å². The molecule has 0 aromatic heterocycles. The van der Waals surface area contributed by atoms with Gasteiger partial charge in [-0.1, -0.05) is 25.0 Å². The van der Waals surface area contributed by atoms with Crippen LogP contribution >= 0.6 is 0 Å². The van der Waals surface area contributed by atoms with E-state index in [4.69, 9.17) is 4.74 Å². The van der Waals surface area contributed by atoms with E-state index in [-0.39, 0.29) is 11.9 Å². The second-order valence-corrected chi connectivity index (χ2v) is 8.62. The normalized spacial score (nSPS) is 18.7. The molecule has 0 spiro atoms. The molecule has 1 amide bonds. The number of amides is 1. The molecule has 1 aromatic rings. The largest absolute Gasteiger partial charge is 0.497 e. The van der Waals surface area contributed by atoms with Crippen molar-refractivity contribution >= 4 is 11.9 Å². The van der Waals surface area contributed by atoms with Gasteiger partial charge in [0.25, 0.3) is 0 Å². The second-order valence-electron chi connectivity index (χ2n) is 8.62. The Morgan fingerprint density at radius 3 is 2.58 bits per heavy atom. The number of carbonyl (C=O) groups is 1. The van der Waals surface area contributed by atoms with Crippen molar-refractivity contribution in [3.8, 4) is 5.75 Å².